The van der Waals surface area contributed by atoms with Crippen molar-refractivity contribution in [2.24, 2.45) is 0 Å². The van der Waals surface area contributed by atoms with Gasteiger partial charge in [-0.1, -0.05) is 29.8 Å². The number of ketones is 1. The highest BCUT2D eigenvalue weighted by molar-refractivity contribution is 6.34. The summed E-state index contributed by atoms with van der Waals surface area (Å²) in [6, 6.07) is 16.9. The quantitative estimate of drug-likeness (QED) is 0.318. The van der Waals surface area contributed by atoms with Crippen molar-refractivity contribution >= 4 is 40.9 Å². The molecule has 1 aliphatic rings. The predicted molar refractivity (Wildman–Crippen MR) is 117 cm³/mol. The normalized spacial score (nSPS) is 12.5. The number of Topliss-reactive ketones (excluding diaryl/α,β-unsaturated/α-hetero) is 1. The highest BCUT2D eigenvalue weighted by atomic mass is 35.5. The van der Waals surface area contributed by atoms with Crippen LogP contribution in [0.5, 0.6) is 5.75 Å². The second kappa shape index (κ2) is 8.64. The van der Waals surface area contributed by atoms with E-state index in [0.29, 0.717) is 16.9 Å². The Bertz CT molecular complexity index is 1230. The fourth-order valence-electron chi connectivity index (χ4n) is 3.33. The van der Waals surface area contributed by atoms with Crippen molar-refractivity contribution in [3.8, 4) is 5.75 Å². The molecule has 160 valence electrons. The Morgan fingerprint density at radius 2 is 1.56 bits per heavy atom. The Morgan fingerprint density at radius 3 is 2.19 bits per heavy atom. The summed E-state index contributed by atoms with van der Waals surface area (Å²) in [6.45, 7) is -0.501. The van der Waals surface area contributed by atoms with Gasteiger partial charge in [-0.2, -0.15) is 0 Å². The number of amides is 2. The zero-order chi connectivity index (χ0) is 22.8. The maximum atomic E-state index is 12.7. The smallest absolute Gasteiger partial charge is 0.338 e. The topological polar surface area (TPSA) is 90.0 Å². The fourth-order valence-corrected chi connectivity index (χ4v) is 3.59. The van der Waals surface area contributed by atoms with E-state index in [9.17, 15) is 19.2 Å². The minimum atomic E-state index is -0.767. The molecule has 3 aromatic rings. The van der Waals surface area contributed by atoms with Crippen LogP contribution in [-0.4, -0.2) is 37.3 Å². The summed E-state index contributed by atoms with van der Waals surface area (Å²) in [5.41, 5.74) is 1.20. The Morgan fingerprint density at radius 1 is 0.875 bits per heavy atom. The van der Waals surface area contributed by atoms with Gasteiger partial charge in [0, 0.05) is 5.56 Å². The van der Waals surface area contributed by atoms with Gasteiger partial charge in [0.1, 0.15) is 5.75 Å². The van der Waals surface area contributed by atoms with E-state index in [1.165, 1.54) is 37.4 Å². The van der Waals surface area contributed by atoms with E-state index < -0.39 is 30.2 Å². The highest BCUT2D eigenvalue weighted by Gasteiger charge is 2.36. The SMILES string of the molecule is COc1ccc(C(=O)COC(=O)c2cccc(N3C(=O)c4ccccc4C3=O)c2)cc1Cl. The summed E-state index contributed by atoms with van der Waals surface area (Å²) in [5.74, 6) is -1.73. The van der Waals surface area contributed by atoms with E-state index >= 15 is 0 Å². The van der Waals surface area contributed by atoms with Crippen molar-refractivity contribution in [2.75, 3.05) is 18.6 Å². The zero-order valence-electron chi connectivity index (χ0n) is 16.8. The summed E-state index contributed by atoms with van der Waals surface area (Å²) in [5, 5.41) is 0.262. The third kappa shape index (κ3) is 3.86. The molecule has 0 aromatic heterocycles. The fraction of sp³-hybridized carbons (Fsp3) is 0.0833. The summed E-state index contributed by atoms with van der Waals surface area (Å²) in [7, 11) is 1.46. The average molecular weight is 450 g/mol. The molecule has 0 bridgehead atoms. The molecule has 8 heteroatoms. The number of fused-ring (bicyclic) bond motifs is 1. The van der Waals surface area contributed by atoms with Crippen LogP contribution in [0.2, 0.25) is 5.02 Å². The van der Waals surface area contributed by atoms with Gasteiger partial charge in [0.15, 0.2) is 12.4 Å². The number of nitrogens with zero attached hydrogens (tertiary/aromatic N) is 1. The molecule has 0 spiro atoms. The molecule has 0 saturated carbocycles. The van der Waals surface area contributed by atoms with E-state index in [1.807, 2.05) is 0 Å². The molecular formula is C24H16ClNO6. The van der Waals surface area contributed by atoms with Crippen LogP contribution in [-0.2, 0) is 4.74 Å². The lowest BCUT2D eigenvalue weighted by Gasteiger charge is -2.14. The van der Waals surface area contributed by atoms with Crippen LogP contribution in [0.3, 0.4) is 0 Å². The van der Waals surface area contributed by atoms with Crippen molar-refractivity contribution in [1.82, 2.24) is 0 Å². The molecule has 0 saturated heterocycles. The van der Waals surface area contributed by atoms with Gasteiger partial charge >= 0.3 is 5.97 Å². The standard InChI is InChI=1S/C24H16ClNO6/c1-31-21-10-9-14(12-19(21)25)20(27)13-32-24(30)15-5-4-6-16(11-15)26-22(28)17-7-2-3-8-18(17)23(26)29/h2-12H,13H2,1H3. The van der Waals surface area contributed by atoms with E-state index in [2.05, 4.69) is 0 Å². The van der Waals surface area contributed by atoms with Gasteiger partial charge in [-0.05, 0) is 48.5 Å². The van der Waals surface area contributed by atoms with Gasteiger partial charge in [-0.25, -0.2) is 9.69 Å². The van der Waals surface area contributed by atoms with Crippen LogP contribution in [0.4, 0.5) is 5.69 Å². The molecule has 0 fully saturated rings. The Balaban J connectivity index is 1.47. The lowest BCUT2D eigenvalue weighted by Crippen LogP contribution is -2.29. The van der Waals surface area contributed by atoms with E-state index in [0.717, 1.165) is 4.90 Å². The second-order valence-corrected chi connectivity index (χ2v) is 7.30. The molecule has 0 aliphatic carbocycles. The maximum absolute atomic E-state index is 12.7. The van der Waals surface area contributed by atoms with Crippen LogP contribution in [0.15, 0.2) is 66.7 Å². The van der Waals surface area contributed by atoms with Crippen molar-refractivity contribution in [2.45, 2.75) is 0 Å². The number of methoxy groups -OCH3 is 1. The monoisotopic (exact) mass is 449 g/mol. The number of carbonyl (C=O) groups excluding carboxylic acids is 4. The van der Waals surface area contributed by atoms with Crippen LogP contribution < -0.4 is 9.64 Å². The van der Waals surface area contributed by atoms with Gasteiger partial charge in [-0.15, -0.1) is 0 Å². The molecule has 2 amide bonds. The third-order valence-corrected chi connectivity index (χ3v) is 5.24. The first kappa shape index (κ1) is 21.3. The molecular weight excluding hydrogens is 434 g/mol. The Hall–Kier alpha value is -3.97. The molecule has 0 atom stereocenters. The van der Waals surface area contributed by atoms with Crippen molar-refractivity contribution in [1.29, 1.82) is 0 Å². The third-order valence-electron chi connectivity index (χ3n) is 4.94. The number of benzene rings is 3. The maximum Gasteiger partial charge on any atom is 0.338 e. The van der Waals surface area contributed by atoms with Crippen LogP contribution in [0.25, 0.3) is 0 Å². The van der Waals surface area contributed by atoms with Gasteiger partial charge in [0.25, 0.3) is 11.8 Å². The van der Waals surface area contributed by atoms with E-state index in [4.69, 9.17) is 21.1 Å². The number of hydrogen-bond acceptors (Lipinski definition) is 6. The minimum absolute atomic E-state index is 0.0969. The largest absolute Gasteiger partial charge is 0.495 e. The van der Waals surface area contributed by atoms with Crippen molar-refractivity contribution < 1.29 is 28.7 Å². The minimum Gasteiger partial charge on any atom is -0.495 e. The van der Waals surface area contributed by atoms with Crippen LogP contribution in [0.1, 0.15) is 41.4 Å². The lowest BCUT2D eigenvalue weighted by molar-refractivity contribution is 0.0474. The summed E-state index contributed by atoms with van der Waals surface area (Å²) < 4.78 is 10.2. The molecule has 32 heavy (non-hydrogen) atoms. The molecule has 0 unspecified atom stereocenters. The van der Waals surface area contributed by atoms with E-state index in [-0.39, 0.29) is 21.8 Å². The first-order chi connectivity index (χ1) is 15.4. The summed E-state index contributed by atoms with van der Waals surface area (Å²) in [6.07, 6.45) is 0. The number of hydrogen-bond donors (Lipinski definition) is 0. The molecule has 1 aliphatic heterocycles. The summed E-state index contributed by atoms with van der Waals surface area (Å²) in [4.78, 5) is 51.2. The number of rotatable bonds is 6. The van der Waals surface area contributed by atoms with Gasteiger partial charge < -0.3 is 9.47 Å². The first-order valence-corrected chi connectivity index (χ1v) is 9.90. The molecule has 4 rings (SSSR count). The predicted octanol–water partition coefficient (Wildman–Crippen LogP) is 4.19. The number of anilines is 1. The molecule has 0 N–H and O–H groups in total. The molecule has 1 heterocycles. The van der Waals surface area contributed by atoms with Gasteiger partial charge in [0.05, 0.1) is 34.5 Å². The molecule has 7 nitrogen and oxygen atoms in total. The van der Waals surface area contributed by atoms with Crippen LogP contribution >= 0.6 is 11.6 Å². The Kier molecular flexibility index (Phi) is 5.75. The van der Waals surface area contributed by atoms with E-state index in [1.54, 1.807) is 36.4 Å². The number of esters is 1. The zero-order valence-corrected chi connectivity index (χ0v) is 17.6. The van der Waals surface area contributed by atoms with Crippen LogP contribution in [0, 0.1) is 0 Å². The van der Waals surface area contributed by atoms with Crippen molar-refractivity contribution in [3.63, 3.8) is 0 Å². The molecule has 3 aromatic carbocycles. The van der Waals surface area contributed by atoms with Gasteiger partial charge in [-0.3, -0.25) is 14.4 Å². The summed E-state index contributed by atoms with van der Waals surface area (Å²) >= 11 is 6.02. The van der Waals surface area contributed by atoms with Gasteiger partial charge in [0.2, 0.25) is 0 Å². The number of carbonyl (C=O) groups is 4. The number of halogens is 1. The lowest BCUT2D eigenvalue weighted by atomic mass is 10.1. The highest BCUT2D eigenvalue weighted by Crippen LogP contribution is 2.29. The Labute approximate surface area is 188 Å². The second-order valence-electron chi connectivity index (χ2n) is 6.89. The first-order valence-electron chi connectivity index (χ1n) is 9.52. The average Bonchev–Trinajstić information content (AvgIpc) is 3.07. The number of ether oxygens (including phenoxy) is 2. The molecule has 0 radical (unpaired) electrons. The number of imide groups is 1. The van der Waals surface area contributed by atoms with Crippen molar-refractivity contribution in [3.05, 3.63) is 94.0 Å².